The van der Waals surface area contributed by atoms with E-state index in [0.29, 0.717) is 11.0 Å². The number of ether oxygens (including phenoxy) is 3. The zero-order valence-electron chi connectivity index (χ0n) is 15.3. The van der Waals surface area contributed by atoms with Crippen molar-refractivity contribution >= 4 is 63.3 Å². The van der Waals surface area contributed by atoms with Crippen LogP contribution in [0.4, 0.5) is 0 Å². The van der Waals surface area contributed by atoms with Gasteiger partial charge in [-0.3, -0.25) is 0 Å². The molecule has 2 aliphatic heterocycles. The molecule has 29 heavy (non-hydrogen) atoms. The summed E-state index contributed by atoms with van der Waals surface area (Å²) in [4.78, 5) is 4.46. The van der Waals surface area contributed by atoms with Gasteiger partial charge in [-0.25, -0.2) is 4.99 Å². The van der Waals surface area contributed by atoms with Gasteiger partial charge >= 0.3 is 0 Å². The SMILES string of the molecule is ClC(Cl)(Cl)C1=N[C@H](CI)[C@@H]([C@@H]2CO[C@@H](c3ccccc3)[C@H](c3ccccc3)O2)O1. The molecule has 0 spiro atoms. The van der Waals surface area contributed by atoms with E-state index in [2.05, 4.69) is 27.6 Å². The summed E-state index contributed by atoms with van der Waals surface area (Å²) >= 11 is 20.2. The number of rotatable bonds is 4. The van der Waals surface area contributed by atoms with Gasteiger partial charge in [0.1, 0.15) is 24.4 Å². The lowest BCUT2D eigenvalue weighted by atomic mass is 9.95. The molecule has 2 heterocycles. The number of hydrogen-bond acceptors (Lipinski definition) is 4. The summed E-state index contributed by atoms with van der Waals surface area (Å²) in [5, 5.41) is 0. The van der Waals surface area contributed by atoms with Gasteiger partial charge < -0.3 is 14.2 Å². The largest absolute Gasteiger partial charge is 0.469 e. The standard InChI is InChI=1S/C21H19Cl3INO3/c22-21(23,24)20-26-15(11-25)19(29-20)16-12-27-17(13-7-3-1-4-8-13)18(28-16)14-9-5-2-6-10-14/h1-10,15-19H,11-12H2/t15-,16+,17+,18+,19+/m1/s1. The van der Waals surface area contributed by atoms with E-state index in [1.165, 1.54) is 0 Å². The van der Waals surface area contributed by atoms with Crippen LogP contribution in [-0.4, -0.2) is 39.0 Å². The zero-order valence-corrected chi connectivity index (χ0v) is 19.7. The predicted octanol–water partition coefficient (Wildman–Crippen LogP) is 5.86. The third-order valence-electron chi connectivity index (χ3n) is 4.97. The zero-order chi connectivity index (χ0) is 20.4. The highest BCUT2D eigenvalue weighted by atomic mass is 127. The van der Waals surface area contributed by atoms with Gasteiger partial charge in [-0.2, -0.15) is 0 Å². The molecular formula is C21H19Cl3INO3. The molecule has 0 aliphatic carbocycles. The van der Waals surface area contributed by atoms with Crippen LogP contribution in [0.5, 0.6) is 0 Å². The quantitative estimate of drug-likeness (QED) is 0.344. The van der Waals surface area contributed by atoms with Crippen molar-refractivity contribution in [3.05, 3.63) is 71.8 Å². The molecule has 1 fully saturated rings. The van der Waals surface area contributed by atoms with E-state index in [-0.39, 0.29) is 36.4 Å². The van der Waals surface area contributed by atoms with Gasteiger partial charge in [-0.05, 0) is 11.1 Å². The van der Waals surface area contributed by atoms with Gasteiger partial charge in [-0.15, -0.1) is 0 Å². The van der Waals surface area contributed by atoms with Crippen LogP contribution in [0, 0.1) is 0 Å². The maximum atomic E-state index is 6.56. The molecule has 0 saturated carbocycles. The molecule has 0 aromatic heterocycles. The Labute approximate surface area is 198 Å². The summed E-state index contributed by atoms with van der Waals surface area (Å²) < 4.78 is 17.8. The smallest absolute Gasteiger partial charge is 0.266 e. The highest BCUT2D eigenvalue weighted by Gasteiger charge is 2.47. The molecule has 1 saturated heterocycles. The van der Waals surface area contributed by atoms with Crippen LogP contribution in [0.25, 0.3) is 0 Å². The van der Waals surface area contributed by atoms with E-state index in [0.717, 1.165) is 11.1 Å². The first-order valence-corrected chi connectivity index (χ1v) is 11.9. The van der Waals surface area contributed by atoms with Crippen molar-refractivity contribution in [3.8, 4) is 0 Å². The van der Waals surface area contributed by atoms with Crippen molar-refractivity contribution in [2.75, 3.05) is 11.0 Å². The van der Waals surface area contributed by atoms with Gasteiger partial charge in [0, 0.05) is 4.43 Å². The minimum absolute atomic E-state index is 0.110. The summed E-state index contributed by atoms with van der Waals surface area (Å²) in [5.74, 6) is 0.110. The average Bonchev–Trinajstić information content (AvgIpc) is 3.20. The van der Waals surface area contributed by atoms with E-state index in [4.69, 9.17) is 49.0 Å². The Kier molecular flexibility index (Phi) is 6.93. The molecule has 2 aliphatic rings. The lowest BCUT2D eigenvalue weighted by molar-refractivity contribution is -0.209. The van der Waals surface area contributed by atoms with E-state index in [1.807, 2.05) is 60.7 Å². The van der Waals surface area contributed by atoms with Crippen LogP contribution in [0.2, 0.25) is 0 Å². The molecule has 2 aromatic carbocycles. The van der Waals surface area contributed by atoms with Gasteiger partial charge in [-0.1, -0.05) is 118 Å². The molecule has 4 nitrogen and oxygen atoms in total. The molecule has 5 atom stereocenters. The Morgan fingerprint density at radius 1 is 0.931 bits per heavy atom. The van der Waals surface area contributed by atoms with Crippen molar-refractivity contribution in [1.82, 2.24) is 0 Å². The Morgan fingerprint density at radius 3 is 2.07 bits per heavy atom. The van der Waals surface area contributed by atoms with Crippen LogP contribution >= 0.6 is 57.4 Å². The van der Waals surface area contributed by atoms with Crippen molar-refractivity contribution in [1.29, 1.82) is 0 Å². The normalized spacial score (nSPS) is 29.9. The molecule has 154 valence electrons. The molecule has 0 radical (unpaired) electrons. The van der Waals surface area contributed by atoms with E-state index < -0.39 is 3.79 Å². The lowest BCUT2D eigenvalue weighted by Crippen LogP contribution is -2.46. The summed E-state index contributed by atoms with van der Waals surface area (Å²) in [6.07, 6.45) is -1.22. The Hall–Kier alpha value is -0.570. The van der Waals surface area contributed by atoms with E-state index in [9.17, 15) is 0 Å². The summed E-state index contributed by atoms with van der Waals surface area (Å²) in [5.41, 5.74) is 2.11. The second-order valence-corrected chi connectivity index (χ2v) is 10.1. The summed E-state index contributed by atoms with van der Waals surface area (Å²) in [7, 11) is 0. The molecule has 4 rings (SSSR count). The lowest BCUT2D eigenvalue weighted by Gasteiger charge is -2.40. The number of alkyl halides is 4. The summed E-state index contributed by atoms with van der Waals surface area (Å²) in [6.45, 7) is 0.364. The number of aliphatic imine (C=N–C) groups is 1. The fraction of sp³-hybridized carbons (Fsp3) is 0.381. The molecule has 0 unspecified atom stereocenters. The van der Waals surface area contributed by atoms with Gasteiger partial charge in [0.05, 0.1) is 6.61 Å². The Balaban J connectivity index is 1.59. The number of hydrogen-bond donors (Lipinski definition) is 0. The van der Waals surface area contributed by atoms with Crippen molar-refractivity contribution in [2.45, 2.75) is 34.3 Å². The molecule has 0 amide bonds. The molecule has 0 N–H and O–H groups in total. The van der Waals surface area contributed by atoms with Gasteiger partial charge in [0.15, 0.2) is 6.10 Å². The molecule has 2 aromatic rings. The fourth-order valence-corrected chi connectivity index (χ4v) is 4.59. The number of halogens is 4. The van der Waals surface area contributed by atoms with Gasteiger partial charge in [0.2, 0.25) is 5.90 Å². The van der Waals surface area contributed by atoms with Crippen LogP contribution in [0.1, 0.15) is 23.3 Å². The molecular weight excluding hydrogens is 547 g/mol. The maximum absolute atomic E-state index is 6.56. The highest BCUT2D eigenvalue weighted by molar-refractivity contribution is 14.1. The summed E-state index contributed by atoms with van der Waals surface area (Å²) in [6, 6.07) is 20.0. The average molecular weight is 567 g/mol. The van der Waals surface area contributed by atoms with Crippen LogP contribution < -0.4 is 0 Å². The van der Waals surface area contributed by atoms with Crippen molar-refractivity contribution < 1.29 is 14.2 Å². The minimum atomic E-state index is -1.69. The molecule has 8 heteroatoms. The van der Waals surface area contributed by atoms with Crippen LogP contribution in [-0.2, 0) is 14.2 Å². The third kappa shape index (κ3) is 4.86. The fourth-order valence-electron chi connectivity index (χ4n) is 3.61. The minimum Gasteiger partial charge on any atom is -0.469 e. The van der Waals surface area contributed by atoms with Crippen LogP contribution in [0.15, 0.2) is 65.7 Å². The van der Waals surface area contributed by atoms with Crippen molar-refractivity contribution in [3.63, 3.8) is 0 Å². The van der Waals surface area contributed by atoms with Crippen LogP contribution in [0.3, 0.4) is 0 Å². The first-order valence-electron chi connectivity index (χ1n) is 9.22. The Morgan fingerprint density at radius 2 is 1.52 bits per heavy atom. The Bertz CT molecular complexity index is 847. The van der Waals surface area contributed by atoms with E-state index in [1.54, 1.807) is 0 Å². The first-order chi connectivity index (χ1) is 14.0. The topological polar surface area (TPSA) is 40.0 Å². The molecule has 0 bridgehead atoms. The highest BCUT2D eigenvalue weighted by Crippen LogP contribution is 2.42. The predicted molar refractivity (Wildman–Crippen MR) is 124 cm³/mol. The van der Waals surface area contributed by atoms with Crippen molar-refractivity contribution in [2.24, 2.45) is 4.99 Å². The van der Waals surface area contributed by atoms with E-state index >= 15 is 0 Å². The monoisotopic (exact) mass is 565 g/mol. The van der Waals surface area contributed by atoms with Gasteiger partial charge in [0.25, 0.3) is 3.79 Å². The maximum Gasteiger partial charge on any atom is 0.266 e. The number of nitrogens with zero attached hydrogens (tertiary/aromatic N) is 1. The number of benzene rings is 2. The third-order valence-corrected chi connectivity index (χ3v) is 6.36. The first kappa shape index (κ1) is 21.7. The second-order valence-electron chi connectivity index (χ2n) is 6.91. The second kappa shape index (κ2) is 9.28.